The number of hydrogen-bond acceptors (Lipinski definition) is 4. The number of pyridine rings is 1. The molecule has 1 aromatic heterocycles. The van der Waals surface area contributed by atoms with E-state index in [-0.39, 0.29) is 0 Å². The minimum atomic E-state index is -0.449. The highest BCUT2D eigenvalue weighted by Crippen LogP contribution is 2.42. The van der Waals surface area contributed by atoms with Crippen molar-refractivity contribution in [2.75, 3.05) is 31.1 Å². The number of primary amides is 1. The number of anilines is 1. The van der Waals surface area contributed by atoms with Crippen LogP contribution in [0.3, 0.4) is 0 Å². The first-order chi connectivity index (χ1) is 10.7. The average Bonchev–Trinajstić information content (AvgIpc) is 3.39. The zero-order chi connectivity index (χ0) is 15.1. The van der Waals surface area contributed by atoms with Gasteiger partial charge in [0.2, 0.25) is 0 Å². The summed E-state index contributed by atoms with van der Waals surface area (Å²) in [4.78, 5) is 18.4. The molecule has 1 aliphatic heterocycles. The van der Waals surface area contributed by atoms with E-state index in [0.29, 0.717) is 11.6 Å². The molecule has 1 aliphatic carbocycles. The molecule has 1 saturated heterocycles. The Bertz CT molecular complexity index is 733. The van der Waals surface area contributed by atoms with E-state index in [0.717, 1.165) is 50.1 Å². The fourth-order valence-electron chi connectivity index (χ4n) is 3.18. The van der Waals surface area contributed by atoms with Crippen molar-refractivity contribution in [1.29, 1.82) is 0 Å². The molecule has 1 saturated carbocycles. The number of piperazine rings is 1. The van der Waals surface area contributed by atoms with Gasteiger partial charge in [0.05, 0.1) is 5.69 Å². The Morgan fingerprint density at radius 2 is 2.00 bits per heavy atom. The molecule has 5 nitrogen and oxygen atoms in total. The third kappa shape index (κ3) is 2.41. The highest BCUT2D eigenvalue weighted by molar-refractivity contribution is 5.97. The van der Waals surface area contributed by atoms with E-state index >= 15 is 0 Å². The van der Waals surface area contributed by atoms with E-state index in [1.54, 1.807) is 0 Å². The van der Waals surface area contributed by atoms with Crippen molar-refractivity contribution in [3.63, 3.8) is 0 Å². The van der Waals surface area contributed by atoms with E-state index < -0.39 is 5.91 Å². The van der Waals surface area contributed by atoms with Crippen molar-refractivity contribution in [2.24, 2.45) is 5.73 Å². The van der Waals surface area contributed by atoms with Crippen molar-refractivity contribution in [2.45, 2.75) is 18.8 Å². The van der Waals surface area contributed by atoms with Crippen molar-refractivity contribution < 1.29 is 4.79 Å². The minimum absolute atomic E-state index is 0.379. The molecule has 1 amide bonds. The van der Waals surface area contributed by atoms with Crippen LogP contribution in [0.4, 0.5) is 5.69 Å². The van der Waals surface area contributed by atoms with Crippen LogP contribution in [0.15, 0.2) is 24.3 Å². The topological polar surface area (TPSA) is 71.2 Å². The minimum Gasteiger partial charge on any atom is -0.369 e. The molecule has 5 heteroatoms. The summed E-state index contributed by atoms with van der Waals surface area (Å²) in [7, 11) is 0. The number of rotatable bonds is 3. The smallest absolute Gasteiger partial charge is 0.267 e. The van der Waals surface area contributed by atoms with Gasteiger partial charge in [-0.2, -0.15) is 0 Å². The number of fused-ring (bicyclic) bond motifs is 1. The normalized spacial score (nSPS) is 18.6. The third-order valence-electron chi connectivity index (χ3n) is 4.54. The molecule has 114 valence electrons. The van der Waals surface area contributed by atoms with Gasteiger partial charge in [0, 0.05) is 43.2 Å². The largest absolute Gasteiger partial charge is 0.369 e. The van der Waals surface area contributed by atoms with Crippen molar-refractivity contribution in [3.05, 3.63) is 35.7 Å². The number of amides is 1. The molecular formula is C17H20N4O. The van der Waals surface area contributed by atoms with E-state index in [1.807, 2.05) is 6.07 Å². The molecule has 2 aromatic rings. The SMILES string of the molecule is NC(=O)c1cc2ccc(N3CCNCC3)cc2c(C2CC2)n1. The van der Waals surface area contributed by atoms with Gasteiger partial charge < -0.3 is 16.0 Å². The fourth-order valence-corrected chi connectivity index (χ4v) is 3.18. The maximum Gasteiger partial charge on any atom is 0.267 e. The van der Waals surface area contributed by atoms with Crippen LogP contribution in [-0.4, -0.2) is 37.1 Å². The van der Waals surface area contributed by atoms with Gasteiger partial charge in [-0.15, -0.1) is 0 Å². The number of nitrogens with zero attached hydrogens (tertiary/aromatic N) is 2. The van der Waals surface area contributed by atoms with Gasteiger partial charge in [0.15, 0.2) is 0 Å². The van der Waals surface area contributed by atoms with Crippen LogP contribution in [0.2, 0.25) is 0 Å². The zero-order valence-electron chi connectivity index (χ0n) is 12.5. The van der Waals surface area contributed by atoms with Gasteiger partial charge in [-0.1, -0.05) is 6.07 Å². The first-order valence-corrected chi connectivity index (χ1v) is 7.92. The van der Waals surface area contributed by atoms with Crippen LogP contribution in [0, 0.1) is 0 Å². The van der Waals surface area contributed by atoms with E-state index in [2.05, 4.69) is 33.4 Å². The summed E-state index contributed by atoms with van der Waals surface area (Å²) in [6.07, 6.45) is 2.31. The van der Waals surface area contributed by atoms with E-state index in [4.69, 9.17) is 5.73 Å². The molecule has 2 aliphatic rings. The summed E-state index contributed by atoms with van der Waals surface area (Å²) >= 11 is 0. The first-order valence-electron chi connectivity index (χ1n) is 7.92. The number of carbonyl (C=O) groups is 1. The van der Waals surface area contributed by atoms with Crippen LogP contribution in [0.25, 0.3) is 10.8 Å². The second kappa shape index (κ2) is 5.25. The van der Waals surface area contributed by atoms with Crippen LogP contribution in [0.5, 0.6) is 0 Å². The Kier molecular flexibility index (Phi) is 3.22. The second-order valence-electron chi connectivity index (χ2n) is 6.17. The highest BCUT2D eigenvalue weighted by atomic mass is 16.1. The Hall–Kier alpha value is -2.14. The molecule has 22 heavy (non-hydrogen) atoms. The predicted octanol–water partition coefficient (Wildman–Crippen LogP) is 1.62. The van der Waals surface area contributed by atoms with Crippen molar-refractivity contribution in [3.8, 4) is 0 Å². The summed E-state index contributed by atoms with van der Waals surface area (Å²) in [6, 6.07) is 8.26. The Morgan fingerprint density at radius 3 is 2.68 bits per heavy atom. The van der Waals surface area contributed by atoms with Gasteiger partial charge in [0.1, 0.15) is 5.69 Å². The molecule has 2 heterocycles. The van der Waals surface area contributed by atoms with Crippen LogP contribution in [-0.2, 0) is 0 Å². The number of hydrogen-bond donors (Lipinski definition) is 2. The van der Waals surface area contributed by atoms with E-state index in [9.17, 15) is 4.79 Å². The van der Waals surface area contributed by atoms with Gasteiger partial charge in [-0.3, -0.25) is 4.79 Å². The Morgan fingerprint density at radius 1 is 1.23 bits per heavy atom. The number of benzene rings is 1. The molecule has 4 rings (SSSR count). The lowest BCUT2D eigenvalue weighted by molar-refractivity contribution is 0.0995. The Labute approximate surface area is 129 Å². The molecule has 0 spiro atoms. The summed E-state index contributed by atoms with van der Waals surface area (Å²) in [5, 5.41) is 5.61. The molecular weight excluding hydrogens is 276 g/mol. The number of aromatic nitrogens is 1. The molecule has 0 unspecified atom stereocenters. The summed E-state index contributed by atoms with van der Waals surface area (Å²) in [6.45, 7) is 4.09. The van der Waals surface area contributed by atoms with E-state index in [1.165, 1.54) is 11.1 Å². The Balaban J connectivity index is 1.82. The molecule has 1 aromatic carbocycles. The molecule has 3 N–H and O–H groups in total. The van der Waals surface area contributed by atoms with Gasteiger partial charge >= 0.3 is 0 Å². The first kappa shape index (κ1) is 13.5. The number of carbonyl (C=O) groups excluding carboxylic acids is 1. The fraction of sp³-hybridized carbons (Fsp3) is 0.412. The predicted molar refractivity (Wildman–Crippen MR) is 87.3 cm³/mol. The number of nitrogens with two attached hydrogens (primary N) is 1. The average molecular weight is 296 g/mol. The van der Waals surface area contributed by atoms with Crippen LogP contribution < -0.4 is 16.0 Å². The number of nitrogens with one attached hydrogen (secondary N) is 1. The van der Waals surface area contributed by atoms with Crippen molar-refractivity contribution in [1.82, 2.24) is 10.3 Å². The lowest BCUT2D eigenvalue weighted by Crippen LogP contribution is -2.43. The molecule has 0 atom stereocenters. The van der Waals surface area contributed by atoms with Gasteiger partial charge in [0.25, 0.3) is 5.91 Å². The molecule has 0 bridgehead atoms. The molecule has 0 radical (unpaired) electrons. The second-order valence-corrected chi connectivity index (χ2v) is 6.17. The zero-order valence-corrected chi connectivity index (χ0v) is 12.5. The molecule has 2 fully saturated rings. The van der Waals surface area contributed by atoms with Gasteiger partial charge in [-0.25, -0.2) is 4.98 Å². The monoisotopic (exact) mass is 296 g/mol. The summed E-state index contributed by atoms with van der Waals surface area (Å²) < 4.78 is 0. The third-order valence-corrected chi connectivity index (χ3v) is 4.54. The summed E-state index contributed by atoms with van der Waals surface area (Å²) in [5.74, 6) is 0.0371. The van der Waals surface area contributed by atoms with Gasteiger partial charge in [-0.05, 0) is 36.4 Å². The lowest BCUT2D eigenvalue weighted by atomic mass is 10.0. The summed E-state index contributed by atoms with van der Waals surface area (Å²) in [5.41, 5.74) is 8.09. The standard InChI is InChI=1S/C17H20N4O/c18-17(22)15-9-12-3-4-13(21-7-5-19-6-8-21)10-14(12)16(20-15)11-1-2-11/h3-4,9-11,19H,1-2,5-8H2,(H2,18,22). The maximum atomic E-state index is 11.5. The maximum absolute atomic E-state index is 11.5. The highest BCUT2D eigenvalue weighted by Gasteiger charge is 2.28. The quantitative estimate of drug-likeness (QED) is 0.903. The van der Waals surface area contributed by atoms with Crippen LogP contribution in [0.1, 0.15) is 34.9 Å². The van der Waals surface area contributed by atoms with Crippen molar-refractivity contribution >= 4 is 22.4 Å². The van der Waals surface area contributed by atoms with Crippen LogP contribution >= 0.6 is 0 Å². The lowest BCUT2D eigenvalue weighted by Gasteiger charge is -2.29.